The number of para-hydroxylation sites is 1. The number of esters is 1. The number of ether oxygens (including phenoxy) is 1. The zero-order chi connectivity index (χ0) is 20.5. The van der Waals surface area contributed by atoms with Gasteiger partial charge in [0, 0.05) is 30.1 Å². The molecule has 3 nitrogen and oxygen atoms in total. The van der Waals surface area contributed by atoms with Crippen LogP contribution in [0.15, 0.2) is 91.0 Å². The molecule has 3 unspecified atom stereocenters. The van der Waals surface area contributed by atoms with Crippen LogP contribution in [0.25, 0.3) is 0 Å². The topological polar surface area (TPSA) is 29.5 Å². The zero-order valence-electron chi connectivity index (χ0n) is 17.1. The number of hydrogen-bond donors (Lipinski definition) is 0. The lowest BCUT2D eigenvalue weighted by Crippen LogP contribution is -2.11. The third-order valence-corrected chi connectivity index (χ3v) is 6.21. The molecule has 2 aliphatic rings. The number of carbonyl (C=O) groups is 1. The molecule has 1 fully saturated rings. The van der Waals surface area contributed by atoms with E-state index in [1.165, 1.54) is 25.3 Å². The van der Waals surface area contributed by atoms with E-state index in [1.54, 1.807) is 6.07 Å². The van der Waals surface area contributed by atoms with Crippen LogP contribution in [-0.2, 0) is 4.79 Å². The number of allylic oxidation sites excluding steroid dienone is 2. The van der Waals surface area contributed by atoms with Crippen LogP contribution in [0.2, 0.25) is 0 Å². The molecule has 0 aliphatic heterocycles. The average Bonchev–Trinajstić information content (AvgIpc) is 3.39. The molecule has 3 atom stereocenters. The van der Waals surface area contributed by atoms with E-state index < -0.39 is 0 Å². The third kappa shape index (κ3) is 3.63. The van der Waals surface area contributed by atoms with Crippen LogP contribution in [0.4, 0.5) is 17.1 Å². The van der Waals surface area contributed by atoms with E-state index in [2.05, 4.69) is 53.5 Å². The van der Waals surface area contributed by atoms with Gasteiger partial charge in [-0.05, 0) is 72.6 Å². The molecule has 3 aromatic carbocycles. The molecule has 0 radical (unpaired) electrons. The molecular formula is C27H25NO2. The zero-order valence-corrected chi connectivity index (χ0v) is 17.1. The Labute approximate surface area is 177 Å². The SMILES string of the molecule is CC(=O)Oc1cccc(N(c2ccccc2)c2ccc(C3CC4C=CC3C4)cc2)c1. The fraction of sp³-hybridized carbons (Fsp3) is 0.222. The quantitative estimate of drug-likeness (QED) is 0.271. The van der Waals surface area contributed by atoms with Crippen molar-refractivity contribution in [2.75, 3.05) is 4.90 Å². The Balaban J connectivity index is 1.50. The van der Waals surface area contributed by atoms with Crippen LogP contribution >= 0.6 is 0 Å². The molecule has 0 heterocycles. The van der Waals surface area contributed by atoms with Crippen LogP contribution < -0.4 is 9.64 Å². The molecule has 2 bridgehead atoms. The number of anilines is 3. The molecule has 2 aliphatic carbocycles. The molecule has 0 amide bonds. The summed E-state index contributed by atoms with van der Waals surface area (Å²) in [5, 5.41) is 0. The maximum atomic E-state index is 11.4. The Bertz CT molecular complexity index is 1070. The van der Waals surface area contributed by atoms with Gasteiger partial charge < -0.3 is 9.64 Å². The summed E-state index contributed by atoms with van der Waals surface area (Å²) in [6.45, 7) is 1.42. The van der Waals surface area contributed by atoms with Gasteiger partial charge in [0.05, 0.1) is 0 Å². The van der Waals surface area contributed by atoms with Gasteiger partial charge in [0.25, 0.3) is 0 Å². The van der Waals surface area contributed by atoms with Gasteiger partial charge in [-0.3, -0.25) is 4.79 Å². The fourth-order valence-electron chi connectivity index (χ4n) is 4.91. The van der Waals surface area contributed by atoms with Gasteiger partial charge in [-0.2, -0.15) is 0 Å². The summed E-state index contributed by atoms with van der Waals surface area (Å²) >= 11 is 0. The number of rotatable bonds is 5. The third-order valence-electron chi connectivity index (χ3n) is 6.21. The van der Waals surface area contributed by atoms with E-state index >= 15 is 0 Å². The van der Waals surface area contributed by atoms with Crippen molar-refractivity contribution in [3.63, 3.8) is 0 Å². The summed E-state index contributed by atoms with van der Waals surface area (Å²) in [6.07, 6.45) is 7.38. The van der Waals surface area contributed by atoms with E-state index in [4.69, 9.17) is 4.74 Å². The number of nitrogens with zero attached hydrogens (tertiary/aromatic N) is 1. The first kappa shape index (κ1) is 18.7. The highest BCUT2D eigenvalue weighted by Gasteiger charge is 2.36. The van der Waals surface area contributed by atoms with Crippen LogP contribution in [0.3, 0.4) is 0 Å². The van der Waals surface area contributed by atoms with E-state index in [1.807, 2.05) is 36.4 Å². The predicted octanol–water partition coefficient (Wildman–Crippen LogP) is 6.76. The minimum Gasteiger partial charge on any atom is -0.427 e. The highest BCUT2D eigenvalue weighted by atomic mass is 16.5. The summed E-state index contributed by atoms with van der Waals surface area (Å²) in [6, 6.07) is 26.9. The maximum Gasteiger partial charge on any atom is 0.308 e. The first-order valence-electron chi connectivity index (χ1n) is 10.6. The Kier molecular flexibility index (Phi) is 4.88. The molecule has 1 saturated carbocycles. The molecule has 0 spiro atoms. The molecule has 30 heavy (non-hydrogen) atoms. The average molecular weight is 396 g/mol. The van der Waals surface area contributed by atoms with E-state index in [-0.39, 0.29) is 5.97 Å². The predicted molar refractivity (Wildman–Crippen MR) is 121 cm³/mol. The van der Waals surface area contributed by atoms with Crippen molar-refractivity contribution in [2.45, 2.75) is 25.7 Å². The molecular weight excluding hydrogens is 370 g/mol. The van der Waals surface area contributed by atoms with E-state index in [9.17, 15) is 4.79 Å². The lowest BCUT2D eigenvalue weighted by atomic mass is 9.87. The van der Waals surface area contributed by atoms with E-state index in [0.717, 1.165) is 23.0 Å². The standard InChI is InChI=1S/C27H25NO2/c1-19(29)30-26-9-5-8-25(18-26)28(23-6-3-2-4-7-23)24-14-12-21(13-15-24)27-17-20-10-11-22(27)16-20/h2-15,18,20,22,27H,16-17H2,1H3. The summed E-state index contributed by atoms with van der Waals surface area (Å²) in [5.41, 5.74) is 4.53. The second-order valence-corrected chi connectivity index (χ2v) is 8.24. The van der Waals surface area contributed by atoms with Gasteiger partial charge in [0.2, 0.25) is 0 Å². The van der Waals surface area contributed by atoms with Crippen molar-refractivity contribution in [2.24, 2.45) is 11.8 Å². The van der Waals surface area contributed by atoms with Crippen LogP contribution in [-0.4, -0.2) is 5.97 Å². The monoisotopic (exact) mass is 395 g/mol. The van der Waals surface area contributed by atoms with Crippen LogP contribution in [0, 0.1) is 11.8 Å². The second kappa shape index (κ2) is 7.83. The van der Waals surface area contributed by atoms with Gasteiger partial charge in [0.15, 0.2) is 0 Å². The Morgan fingerprint density at radius 2 is 1.57 bits per heavy atom. The lowest BCUT2D eigenvalue weighted by Gasteiger charge is -2.26. The first-order chi connectivity index (χ1) is 14.7. The number of fused-ring (bicyclic) bond motifs is 2. The number of benzene rings is 3. The Hall–Kier alpha value is -3.33. The molecule has 3 heteroatoms. The number of carbonyl (C=O) groups excluding carboxylic acids is 1. The smallest absolute Gasteiger partial charge is 0.308 e. The summed E-state index contributed by atoms with van der Waals surface area (Å²) < 4.78 is 5.32. The minimum absolute atomic E-state index is 0.317. The molecule has 0 aromatic heterocycles. The fourth-order valence-corrected chi connectivity index (χ4v) is 4.91. The largest absolute Gasteiger partial charge is 0.427 e. The van der Waals surface area contributed by atoms with Gasteiger partial charge in [0.1, 0.15) is 5.75 Å². The van der Waals surface area contributed by atoms with E-state index in [0.29, 0.717) is 17.6 Å². The summed E-state index contributed by atoms with van der Waals surface area (Å²) in [4.78, 5) is 13.6. The molecule has 3 aromatic rings. The first-order valence-corrected chi connectivity index (χ1v) is 10.6. The van der Waals surface area contributed by atoms with Crippen molar-refractivity contribution in [3.8, 4) is 5.75 Å². The lowest BCUT2D eigenvalue weighted by molar-refractivity contribution is -0.131. The van der Waals surface area contributed by atoms with Gasteiger partial charge in [-0.15, -0.1) is 0 Å². The maximum absolute atomic E-state index is 11.4. The van der Waals surface area contributed by atoms with Crippen LogP contribution in [0.1, 0.15) is 31.2 Å². The summed E-state index contributed by atoms with van der Waals surface area (Å²) in [7, 11) is 0. The van der Waals surface area contributed by atoms with Gasteiger partial charge in [-0.1, -0.05) is 48.6 Å². The number of hydrogen-bond acceptors (Lipinski definition) is 3. The second-order valence-electron chi connectivity index (χ2n) is 8.24. The molecule has 0 N–H and O–H groups in total. The van der Waals surface area contributed by atoms with Gasteiger partial charge in [-0.25, -0.2) is 0 Å². The van der Waals surface area contributed by atoms with Crippen molar-refractivity contribution >= 4 is 23.0 Å². The van der Waals surface area contributed by atoms with Crippen molar-refractivity contribution < 1.29 is 9.53 Å². The Morgan fingerprint density at radius 3 is 2.23 bits per heavy atom. The highest BCUT2D eigenvalue weighted by Crippen LogP contribution is 2.49. The summed E-state index contributed by atoms with van der Waals surface area (Å²) in [5.74, 6) is 2.34. The van der Waals surface area contributed by atoms with Crippen LogP contribution in [0.5, 0.6) is 5.75 Å². The molecule has 5 rings (SSSR count). The van der Waals surface area contributed by atoms with Crippen molar-refractivity contribution in [3.05, 3.63) is 96.6 Å². The van der Waals surface area contributed by atoms with Gasteiger partial charge >= 0.3 is 5.97 Å². The Morgan fingerprint density at radius 1 is 0.833 bits per heavy atom. The highest BCUT2D eigenvalue weighted by molar-refractivity contribution is 5.78. The normalized spacial score (nSPS) is 21.6. The van der Waals surface area contributed by atoms with Crippen molar-refractivity contribution in [1.82, 2.24) is 0 Å². The molecule has 150 valence electrons. The minimum atomic E-state index is -0.317. The molecule has 0 saturated heterocycles. The van der Waals surface area contributed by atoms with Crippen molar-refractivity contribution in [1.29, 1.82) is 0 Å².